The molecule has 2 aromatic heterocycles. The highest BCUT2D eigenvalue weighted by molar-refractivity contribution is 7.92. The lowest BCUT2D eigenvalue weighted by Crippen LogP contribution is -2.23. The third-order valence-electron chi connectivity index (χ3n) is 6.02. The summed E-state index contributed by atoms with van der Waals surface area (Å²) in [5, 5.41) is 0.209. The standard InChI is InChI=1S/C27H21F2N5O5S/c1-38-19-5-3-4-18(13-19)34-26(35)20-10-15(6-8-22(20)32-27(34)30)16-11-24(25(39-2)31-14-16)40(36,37)33-23-9-7-17(28)12-21(23)29/h3-14,33H,1-2H3,(H2,30,32). The SMILES string of the molecule is COc1cccc(-n2c(N)nc3ccc(-c4cnc(OC)c(S(=O)(=O)Nc5ccc(F)cc5F)c4)cc3c2=O)c1. The van der Waals surface area contributed by atoms with Crippen molar-refractivity contribution in [1.82, 2.24) is 14.5 Å². The van der Waals surface area contributed by atoms with Crippen LogP contribution in [0.4, 0.5) is 20.4 Å². The second-order valence-corrected chi connectivity index (χ2v) is 10.2. The van der Waals surface area contributed by atoms with Crippen molar-refractivity contribution in [2.24, 2.45) is 0 Å². The summed E-state index contributed by atoms with van der Waals surface area (Å²) in [4.78, 5) is 21.6. The van der Waals surface area contributed by atoms with Crippen LogP contribution in [-0.4, -0.2) is 37.2 Å². The minimum atomic E-state index is -4.43. The van der Waals surface area contributed by atoms with E-state index in [1.807, 2.05) is 0 Å². The molecule has 3 N–H and O–H groups in total. The van der Waals surface area contributed by atoms with Crippen LogP contribution in [0.1, 0.15) is 0 Å². The Kier molecular flexibility index (Phi) is 6.81. The van der Waals surface area contributed by atoms with Gasteiger partial charge in [0.1, 0.15) is 22.3 Å². The van der Waals surface area contributed by atoms with Gasteiger partial charge in [-0.15, -0.1) is 0 Å². The zero-order chi connectivity index (χ0) is 28.6. The average molecular weight is 566 g/mol. The summed E-state index contributed by atoms with van der Waals surface area (Å²) in [6.07, 6.45) is 1.36. The predicted octanol–water partition coefficient (Wildman–Crippen LogP) is 4.13. The van der Waals surface area contributed by atoms with Crippen molar-refractivity contribution < 1.29 is 26.7 Å². The summed E-state index contributed by atoms with van der Waals surface area (Å²) >= 11 is 0. The molecule has 0 amide bonds. The van der Waals surface area contributed by atoms with Crippen molar-refractivity contribution >= 4 is 32.6 Å². The van der Waals surface area contributed by atoms with Gasteiger partial charge in [0.15, 0.2) is 0 Å². The maximum atomic E-state index is 14.2. The number of benzene rings is 3. The monoisotopic (exact) mass is 565 g/mol. The molecule has 0 atom stereocenters. The van der Waals surface area contributed by atoms with Gasteiger partial charge in [-0.25, -0.2) is 31.7 Å². The van der Waals surface area contributed by atoms with Crippen molar-refractivity contribution in [2.75, 3.05) is 24.7 Å². The maximum Gasteiger partial charge on any atom is 0.267 e. The molecule has 0 fully saturated rings. The fourth-order valence-electron chi connectivity index (χ4n) is 4.09. The molecule has 0 aliphatic heterocycles. The number of fused-ring (bicyclic) bond motifs is 1. The van der Waals surface area contributed by atoms with E-state index in [4.69, 9.17) is 15.2 Å². The summed E-state index contributed by atoms with van der Waals surface area (Å²) in [6.45, 7) is 0. The van der Waals surface area contributed by atoms with Gasteiger partial charge in [-0.05, 0) is 48.0 Å². The van der Waals surface area contributed by atoms with E-state index in [0.717, 1.165) is 12.1 Å². The minimum Gasteiger partial charge on any atom is -0.497 e. The number of nitrogens with zero attached hydrogens (tertiary/aromatic N) is 3. The quantitative estimate of drug-likeness (QED) is 0.301. The highest BCUT2D eigenvalue weighted by Crippen LogP contribution is 2.31. The third kappa shape index (κ3) is 4.89. The molecule has 0 saturated carbocycles. The number of aromatic nitrogens is 3. The zero-order valence-corrected chi connectivity index (χ0v) is 21.9. The van der Waals surface area contributed by atoms with Crippen LogP contribution in [-0.2, 0) is 10.0 Å². The number of nitrogens with two attached hydrogens (primary N) is 1. The summed E-state index contributed by atoms with van der Waals surface area (Å²) in [5.74, 6) is -1.73. The number of hydrogen-bond donors (Lipinski definition) is 2. The second-order valence-electron chi connectivity index (χ2n) is 8.51. The molecule has 40 heavy (non-hydrogen) atoms. The largest absolute Gasteiger partial charge is 0.497 e. The summed E-state index contributed by atoms with van der Waals surface area (Å²) < 4.78 is 67.5. The summed E-state index contributed by atoms with van der Waals surface area (Å²) in [7, 11) is -1.71. The molecule has 5 rings (SSSR count). The molecular formula is C27H21F2N5O5S. The summed E-state index contributed by atoms with van der Waals surface area (Å²) in [6, 6.07) is 15.2. The fraction of sp³-hybridized carbons (Fsp3) is 0.0741. The first-order valence-electron chi connectivity index (χ1n) is 11.6. The Morgan fingerprint density at radius 2 is 1.75 bits per heavy atom. The minimum absolute atomic E-state index is 0.0305. The van der Waals surface area contributed by atoms with Crippen LogP contribution < -0.4 is 25.5 Å². The van der Waals surface area contributed by atoms with Crippen LogP contribution in [0.15, 0.2) is 82.6 Å². The van der Waals surface area contributed by atoms with E-state index < -0.39 is 37.8 Å². The third-order valence-corrected chi connectivity index (χ3v) is 7.38. The Balaban J connectivity index is 1.61. The number of rotatable bonds is 7. The van der Waals surface area contributed by atoms with Crippen molar-refractivity contribution in [2.45, 2.75) is 4.90 Å². The van der Waals surface area contributed by atoms with Crippen LogP contribution in [0.25, 0.3) is 27.7 Å². The molecule has 0 unspecified atom stereocenters. The molecule has 0 spiro atoms. The second kappa shape index (κ2) is 10.3. The van der Waals surface area contributed by atoms with E-state index in [-0.39, 0.29) is 17.2 Å². The molecule has 0 saturated heterocycles. The van der Waals surface area contributed by atoms with Crippen LogP contribution in [0.2, 0.25) is 0 Å². The molecule has 0 aliphatic rings. The number of hydrogen-bond acceptors (Lipinski definition) is 8. The lowest BCUT2D eigenvalue weighted by Gasteiger charge is -2.14. The number of methoxy groups -OCH3 is 2. The van der Waals surface area contributed by atoms with Gasteiger partial charge in [0.25, 0.3) is 15.6 Å². The zero-order valence-electron chi connectivity index (χ0n) is 21.1. The van der Waals surface area contributed by atoms with Crippen molar-refractivity contribution in [1.29, 1.82) is 0 Å². The van der Waals surface area contributed by atoms with Crippen LogP contribution in [0.5, 0.6) is 11.6 Å². The molecule has 0 aliphatic carbocycles. The Morgan fingerprint density at radius 1 is 0.950 bits per heavy atom. The number of sulfonamides is 1. The van der Waals surface area contributed by atoms with Gasteiger partial charge in [-0.3, -0.25) is 9.52 Å². The predicted molar refractivity (Wildman–Crippen MR) is 145 cm³/mol. The first kappa shape index (κ1) is 26.6. The van der Waals surface area contributed by atoms with Gasteiger partial charge in [0.05, 0.1) is 36.5 Å². The number of halogens is 2. The molecule has 10 nitrogen and oxygen atoms in total. The maximum absolute atomic E-state index is 14.2. The van der Waals surface area contributed by atoms with E-state index in [1.54, 1.807) is 36.4 Å². The van der Waals surface area contributed by atoms with Crippen molar-refractivity contribution in [3.63, 3.8) is 0 Å². The first-order valence-corrected chi connectivity index (χ1v) is 13.1. The van der Waals surface area contributed by atoms with Gasteiger partial charge in [0, 0.05) is 23.9 Å². The summed E-state index contributed by atoms with van der Waals surface area (Å²) in [5.41, 5.74) is 6.71. The number of pyridine rings is 1. The normalized spacial score (nSPS) is 11.4. The van der Waals surface area contributed by atoms with Crippen LogP contribution in [0, 0.1) is 11.6 Å². The van der Waals surface area contributed by atoms with Gasteiger partial charge in [-0.2, -0.15) is 0 Å². The molecular weight excluding hydrogens is 544 g/mol. The molecule has 2 heterocycles. The molecule has 204 valence electrons. The lowest BCUT2D eigenvalue weighted by molar-refractivity contribution is 0.385. The van der Waals surface area contributed by atoms with Gasteiger partial charge in [0.2, 0.25) is 11.8 Å². The fourth-order valence-corrected chi connectivity index (χ4v) is 5.30. The van der Waals surface area contributed by atoms with Gasteiger partial charge < -0.3 is 15.2 Å². The van der Waals surface area contributed by atoms with E-state index in [0.29, 0.717) is 34.1 Å². The number of ether oxygens (including phenoxy) is 2. The Bertz CT molecular complexity index is 1950. The van der Waals surface area contributed by atoms with Gasteiger partial charge in [-0.1, -0.05) is 12.1 Å². The van der Waals surface area contributed by atoms with Crippen molar-refractivity contribution in [3.05, 3.63) is 94.9 Å². The smallest absolute Gasteiger partial charge is 0.267 e. The Hall–Kier alpha value is -5.04. The highest BCUT2D eigenvalue weighted by atomic mass is 32.2. The number of anilines is 2. The van der Waals surface area contributed by atoms with E-state index >= 15 is 0 Å². The molecule has 5 aromatic rings. The van der Waals surface area contributed by atoms with E-state index in [2.05, 4.69) is 14.7 Å². The van der Waals surface area contributed by atoms with E-state index in [9.17, 15) is 22.0 Å². The molecule has 3 aromatic carbocycles. The first-order chi connectivity index (χ1) is 19.1. The lowest BCUT2D eigenvalue weighted by atomic mass is 10.1. The molecule has 0 radical (unpaired) electrons. The average Bonchev–Trinajstić information content (AvgIpc) is 2.94. The topological polar surface area (TPSA) is 138 Å². The Morgan fingerprint density at radius 3 is 2.48 bits per heavy atom. The Labute approximate surface area is 226 Å². The molecule has 13 heteroatoms. The van der Waals surface area contributed by atoms with Gasteiger partial charge >= 0.3 is 0 Å². The van der Waals surface area contributed by atoms with Crippen molar-refractivity contribution in [3.8, 4) is 28.4 Å². The van der Waals surface area contributed by atoms with E-state index in [1.165, 1.54) is 37.1 Å². The van der Waals surface area contributed by atoms with Crippen LogP contribution >= 0.6 is 0 Å². The molecule has 0 bridgehead atoms. The van der Waals surface area contributed by atoms with Crippen LogP contribution in [0.3, 0.4) is 0 Å². The highest BCUT2D eigenvalue weighted by Gasteiger charge is 2.24. The number of nitrogen functional groups attached to an aromatic ring is 1. The number of nitrogens with one attached hydrogen (secondary N) is 1.